The van der Waals surface area contributed by atoms with Crippen LogP contribution in [-0.4, -0.2) is 28.1 Å². The fraction of sp³-hybridized carbons (Fsp3) is 0.348. The fourth-order valence-electron chi connectivity index (χ4n) is 4.22. The van der Waals surface area contributed by atoms with Crippen molar-refractivity contribution in [2.24, 2.45) is 18.0 Å². The number of carbonyl (C=O) groups excluding carboxylic acids is 1. The van der Waals surface area contributed by atoms with Crippen molar-refractivity contribution >= 4 is 28.3 Å². The number of fused-ring (bicyclic) bond motifs is 2. The van der Waals surface area contributed by atoms with Crippen molar-refractivity contribution < 1.29 is 9.53 Å². The number of aromatic nitrogens is 2. The van der Waals surface area contributed by atoms with Gasteiger partial charge in [0.25, 0.3) is 0 Å². The summed E-state index contributed by atoms with van der Waals surface area (Å²) in [5.74, 6) is 0.0411. The summed E-state index contributed by atoms with van der Waals surface area (Å²) < 4.78 is 7.29. The van der Waals surface area contributed by atoms with Gasteiger partial charge in [-0.15, -0.1) is 0 Å². The van der Waals surface area contributed by atoms with E-state index >= 15 is 0 Å². The van der Waals surface area contributed by atoms with E-state index in [9.17, 15) is 4.79 Å². The fourth-order valence-corrected chi connectivity index (χ4v) is 4.22. The molecular weight excluding hydrogens is 350 g/mol. The van der Waals surface area contributed by atoms with Crippen LogP contribution in [0.15, 0.2) is 53.7 Å². The van der Waals surface area contributed by atoms with E-state index in [-0.39, 0.29) is 11.9 Å². The molecule has 2 heterocycles. The lowest BCUT2D eigenvalue weighted by Gasteiger charge is -2.31. The Morgan fingerprint density at radius 1 is 1.11 bits per heavy atom. The van der Waals surface area contributed by atoms with Crippen LogP contribution in [0.1, 0.15) is 43.7 Å². The third kappa shape index (κ3) is 3.01. The monoisotopic (exact) mass is 375 g/mol. The lowest BCUT2D eigenvalue weighted by Crippen LogP contribution is -2.34. The summed E-state index contributed by atoms with van der Waals surface area (Å²) in [6.45, 7) is 4.31. The van der Waals surface area contributed by atoms with Gasteiger partial charge in [0.05, 0.1) is 12.8 Å². The van der Waals surface area contributed by atoms with Gasteiger partial charge in [0.15, 0.2) is 5.82 Å². The molecule has 0 saturated heterocycles. The van der Waals surface area contributed by atoms with Crippen molar-refractivity contribution in [1.82, 2.24) is 9.78 Å². The van der Waals surface area contributed by atoms with E-state index in [0.717, 1.165) is 46.3 Å². The van der Waals surface area contributed by atoms with Crippen LogP contribution in [0.4, 0.5) is 5.82 Å². The standard InChI is InChI=1S/C23H25N3O2/c1-4-9-19-21(23(27)28-5-2)20(18-14-24-26(3)22(18)25-19)17-13-8-11-15-10-6-7-12-16(15)17/h6-8,10-14,20-21H,4-5,9H2,1-3H3. The Bertz CT molecular complexity index is 1050. The first-order valence-corrected chi connectivity index (χ1v) is 9.89. The third-order valence-corrected chi connectivity index (χ3v) is 5.42. The SMILES string of the molecule is CCCC1=Nc2c(cnn2C)C(c2cccc3ccccc23)C1C(=O)OCC. The molecule has 0 bridgehead atoms. The minimum atomic E-state index is -0.428. The number of aryl methyl sites for hydroxylation is 1. The highest BCUT2D eigenvalue weighted by Crippen LogP contribution is 2.45. The maximum absolute atomic E-state index is 13.1. The normalized spacial score (nSPS) is 18.6. The van der Waals surface area contributed by atoms with Crippen LogP contribution in [0.2, 0.25) is 0 Å². The van der Waals surface area contributed by atoms with E-state index in [0.29, 0.717) is 6.61 Å². The van der Waals surface area contributed by atoms with Gasteiger partial charge in [-0.3, -0.25) is 9.48 Å². The molecule has 5 nitrogen and oxygen atoms in total. The summed E-state index contributed by atoms with van der Waals surface area (Å²) in [6, 6.07) is 14.6. The molecule has 0 fully saturated rings. The van der Waals surface area contributed by atoms with Crippen molar-refractivity contribution in [3.8, 4) is 0 Å². The Morgan fingerprint density at radius 3 is 2.68 bits per heavy atom. The molecule has 1 aliphatic heterocycles. The summed E-state index contributed by atoms with van der Waals surface area (Å²) >= 11 is 0. The first-order chi connectivity index (χ1) is 13.7. The number of ether oxygens (including phenoxy) is 1. The van der Waals surface area contributed by atoms with Crippen LogP contribution >= 0.6 is 0 Å². The second-order valence-corrected chi connectivity index (χ2v) is 7.18. The number of rotatable bonds is 5. The van der Waals surface area contributed by atoms with Crippen molar-refractivity contribution in [2.45, 2.75) is 32.6 Å². The molecule has 0 amide bonds. The Labute approximate surface area is 165 Å². The minimum Gasteiger partial charge on any atom is -0.465 e. The molecule has 2 unspecified atom stereocenters. The molecular formula is C23H25N3O2. The lowest BCUT2D eigenvalue weighted by atomic mass is 9.75. The number of carbonyl (C=O) groups is 1. The third-order valence-electron chi connectivity index (χ3n) is 5.42. The Morgan fingerprint density at radius 2 is 1.89 bits per heavy atom. The first-order valence-electron chi connectivity index (χ1n) is 9.89. The van der Waals surface area contributed by atoms with Crippen molar-refractivity contribution in [3.05, 3.63) is 59.8 Å². The Kier molecular flexibility index (Phi) is 4.99. The molecule has 144 valence electrons. The summed E-state index contributed by atoms with van der Waals surface area (Å²) in [6.07, 6.45) is 3.53. The van der Waals surface area contributed by atoms with E-state index in [1.165, 1.54) is 0 Å². The molecule has 0 radical (unpaired) electrons. The molecule has 4 rings (SSSR count). The largest absolute Gasteiger partial charge is 0.465 e. The highest BCUT2D eigenvalue weighted by atomic mass is 16.5. The van der Waals surface area contributed by atoms with Gasteiger partial charge >= 0.3 is 5.97 Å². The highest BCUT2D eigenvalue weighted by Gasteiger charge is 2.41. The molecule has 5 heteroatoms. The second kappa shape index (κ2) is 7.58. The van der Waals surface area contributed by atoms with E-state index < -0.39 is 5.92 Å². The number of aliphatic imine (C=N–C) groups is 1. The number of nitrogens with zero attached hydrogens (tertiary/aromatic N) is 3. The highest BCUT2D eigenvalue weighted by molar-refractivity contribution is 6.06. The number of hydrogen-bond acceptors (Lipinski definition) is 4. The molecule has 0 N–H and O–H groups in total. The molecule has 0 spiro atoms. The smallest absolute Gasteiger partial charge is 0.315 e. The van der Waals surface area contributed by atoms with Crippen molar-refractivity contribution in [2.75, 3.05) is 6.61 Å². The van der Waals surface area contributed by atoms with E-state index in [4.69, 9.17) is 9.73 Å². The van der Waals surface area contributed by atoms with Crippen molar-refractivity contribution in [3.63, 3.8) is 0 Å². The summed E-state index contributed by atoms with van der Waals surface area (Å²) in [7, 11) is 1.90. The van der Waals surface area contributed by atoms with Crippen LogP contribution in [0.5, 0.6) is 0 Å². The molecule has 3 aromatic rings. The second-order valence-electron chi connectivity index (χ2n) is 7.18. The number of benzene rings is 2. The quantitative estimate of drug-likeness (QED) is 0.604. The zero-order chi connectivity index (χ0) is 19.7. The summed E-state index contributed by atoms with van der Waals surface area (Å²) in [5, 5.41) is 6.76. The number of hydrogen-bond donors (Lipinski definition) is 0. The number of esters is 1. The lowest BCUT2D eigenvalue weighted by molar-refractivity contribution is -0.146. The molecule has 2 aromatic carbocycles. The van der Waals surface area contributed by atoms with Crippen LogP contribution in [0, 0.1) is 5.92 Å². The predicted molar refractivity (Wildman–Crippen MR) is 111 cm³/mol. The van der Waals surface area contributed by atoms with E-state index in [1.54, 1.807) is 4.68 Å². The van der Waals surface area contributed by atoms with Gasteiger partial charge in [0.2, 0.25) is 0 Å². The topological polar surface area (TPSA) is 56.5 Å². The molecule has 1 aromatic heterocycles. The molecule has 0 saturated carbocycles. The van der Waals surface area contributed by atoms with Crippen LogP contribution in [0.25, 0.3) is 10.8 Å². The van der Waals surface area contributed by atoms with Gasteiger partial charge in [-0.25, -0.2) is 4.99 Å². The van der Waals surface area contributed by atoms with Crippen molar-refractivity contribution in [1.29, 1.82) is 0 Å². The van der Waals surface area contributed by atoms with Gasteiger partial charge in [0, 0.05) is 24.2 Å². The van der Waals surface area contributed by atoms with E-state index in [1.807, 2.05) is 32.3 Å². The molecule has 2 atom stereocenters. The average Bonchev–Trinajstić information content (AvgIpc) is 3.07. The maximum Gasteiger partial charge on any atom is 0.315 e. The maximum atomic E-state index is 13.1. The van der Waals surface area contributed by atoms with Crippen LogP contribution in [0.3, 0.4) is 0 Å². The molecule has 0 aliphatic carbocycles. The van der Waals surface area contributed by atoms with Crippen LogP contribution < -0.4 is 0 Å². The summed E-state index contributed by atoms with van der Waals surface area (Å²) in [4.78, 5) is 17.9. The summed E-state index contributed by atoms with van der Waals surface area (Å²) in [5.41, 5.74) is 2.99. The van der Waals surface area contributed by atoms with Crippen LogP contribution in [-0.2, 0) is 16.6 Å². The Hall–Kier alpha value is -2.95. The van der Waals surface area contributed by atoms with Gasteiger partial charge < -0.3 is 4.74 Å². The zero-order valence-corrected chi connectivity index (χ0v) is 16.6. The molecule has 28 heavy (non-hydrogen) atoms. The Balaban J connectivity index is 1.97. The predicted octanol–water partition coefficient (Wildman–Crippen LogP) is 4.77. The molecule has 1 aliphatic rings. The zero-order valence-electron chi connectivity index (χ0n) is 16.6. The van der Waals surface area contributed by atoms with Gasteiger partial charge in [-0.1, -0.05) is 55.8 Å². The van der Waals surface area contributed by atoms with Gasteiger partial charge in [0.1, 0.15) is 5.92 Å². The van der Waals surface area contributed by atoms with Gasteiger partial charge in [-0.05, 0) is 29.7 Å². The van der Waals surface area contributed by atoms with E-state index in [2.05, 4.69) is 42.4 Å². The minimum absolute atomic E-state index is 0.159. The first kappa shape index (κ1) is 18.4. The van der Waals surface area contributed by atoms with Gasteiger partial charge in [-0.2, -0.15) is 5.10 Å². The average molecular weight is 375 g/mol.